The van der Waals surface area contributed by atoms with Gasteiger partial charge in [0, 0.05) is 47.5 Å². The summed E-state index contributed by atoms with van der Waals surface area (Å²) in [5.74, 6) is 1.27. The molecule has 43 heavy (non-hydrogen) atoms. The van der Waals surface area contributed by atoms with Gasteiger partial charge in [-0.25, -0.2) is 19.5 Å². The molecule has 8 aromatic rings. The van der Waals surface area contributed by atoms with Crippen molar-refractivity contribution in [2.45, 2.75) is 0 Å². The summed E-state index contributed by atoms with van der Waals surface area (Å²) in [6.45, 7) is 0. The molecule has 9 heteroatoms. The molecule has 0 radical (unpaired) electrons. The van der Waals surface area contributed by atoms with Crippen LogP contribution in [0.2, 0.25) is 0 Å². The standard InChI is InChI=1S/C34H21N9/c1-2-8-25-21-43-26(17-22(25)7-1)18-31(42-43)34-40-32(29-13-11-23(19-37-29)27-9-3-5-15-35-27)39-33(41-34)30-14-12-24(20-38-30)28-10-4-6-16-36-28/h1-21H. The maximum atomic E-state index is 4.82. The van der Waals surface area contributed by atoms with Crippen molar-refractivity contribution >= 4 is 16.3 Å². The first-order valence-electron chi connectivity index (χ1n) is 13.7. The minimum Gasteiger partial charge on any atom is -0.256 e. The van der Waals surface area contributed by atoms with Crippen LogP contribution in [0.4, 0.5) is 0 Å². The van der Waals surface area contributed by atoms with Crippen molar-refractivity contribution in [3.8, 4) is 57.1 Å². The quantitative estimate of drug-likeness (QED) is 0.234. The molecule has 0 aliphatic rings. The molecule has 0 aliphatic carbocycles. The van der Waals surface area contributed by atoms with Crippen molar-refractivity contribution in [2.75, 3.05) is 0 Å². The third-order valence-electron chi connectivity index (χ3n) is 7.10. The van der Waals surface area contributed by atoms with Gasteiger partial charge in [-0.05, 0) is 66.0 Å². The average Bonchev–Trinajstić information content (AvgIpc) is 3.51. The number of aromatic nitrogens is 9. The van der Waals surface area contributed by atoms with Crippen molar-refractivity contribution in [3.05, 3.63) is 128 Å². The molecule has 7 heterocycles. The van der Waals surface area contributed by atoms with Gasteiger partial charge in [-0.2, -0.15) is 5.10 Å². The number of hydrogen-bond acceptors (Lipinski definition) is 8. The van der Waals surface area contributed by atoms with Crippen molar-refractivity contribution in [2.24, 2.45) is 0 Å². The average molecular weight is 556 g/mol. The van der Waals surface area contributed by atoms with E-state index < -0.39 is 0 Å². The fourth-order valence-corrected chi connectivity index (χ4v) is 4.92. The number of pyridine rings is 5. The Bertz CT molecular complexity index is 2060. The van der Waals surface area contributed by atoms with Crippen LogP contribution in [0.3, 0.4) is 0 Å². The second-order valence-corrected chi connectivity index (χ2v) is 9.90. The van der Waals surface area contributed by atoms with Crippen molar-refractivity contribution in [3.63, 3.8) is 0 Å². The predicted molar refractivity (Wildman–Crippen MR) is 164 cm³/mol. The molecule has 0 bridgehead atoms. The summed E-state index contributed by atoms with van der Waals surface area (Å²) in [7, 11) is 0. The molecule has 202 valence electrons. The van der Waals surface area contributed by atoms with Gasteiger partial charge in [0.1, 0.15) is 17.1 Å². The van der Waals surface area contributed by atoms with Gasteiger partial charge in [0.15, 0.2) is 17.5 Å². The Hall–Kier alpha value is -6.22. The lowest BCUT2D eigenvalue weighted by Gasteiger charge is -2.07. The molecule has 0 aliphatic heterocycles. The zero-order valence-corrected chi connectivity index (χ0v) is 22.6. The van der Waals surface area contributed by atoms with Crippen LogP contribution < -0.4 is 0 Å². The van der Waals surface area contributed by atoms with Crippen LogP contribution in [0.5, 0.6) is 0 Å². The van der Waals surface area contributed by atoms with Gasteiger partial charge in [0.25, 0.3) is 0 Å². The highest BCUT2D eigenvalue weighted by molar-refractivity contribution is 5.86. The summed E-state index contributed by atoms with van der Waals surface area (Å²) >= 11 is 0. The van der Waals surface area contributed by atoms with Crippen molar-refractivity contribution < 1.29 is 0 Å². The molecular formula is C34H21N9. The van der Waals surface area contributed by atoms with Crippen LogP contribution in [-0.4, -0.2) is 44.5 Å². The van der Waals surface area contributed by atoms with Crippen LogP contribution in [0.1, 0.15) is 0 Å². The Labute approximate surface area is 245 Å². The van der Waals surface area contributed by atoms with Gasteiger partial charge >= 0.3 is 0 Å². The van der Waals surface area contributed by atoms with Gasteiger partial charge in [-0.1, -0.05) is 36.4 Å². The SMILES string of the molecule is c1ccc(-c2ccc(-c3nc(-c4ccc(-c5ccccn5)cn4)nc(-c4cc5cc6ccccc6cn5n4)n3)nc2)nc1. The highest BCUT2D eigenvalue weighted by atomic mass is 15.2. The number of rotatable bonds is 5. The molecule has 8 rings (SSSR count). The largest absolute Gasteiger partial charge is 0.256 e. The number of benzene rings is 1. The molecule has 7 aromatic heterocycles. The van der Waals surface area contributed by atoms with E-state index in [1.54, 1.807) is 24.8 Å². The molecule has 9 nitrogen and oxygen atoms in total. The van der Waals surface area contributed by atoms with E-state index in [9.17, 15) is 0 Å². The van der Waals surface area contributed by atoms with E-state index in [2.05, 4.69) is 38.1 Å². The summed E-state index contributed by atoms with van der Waals surface area (Å²) in [4.78, 5) is 32.6. The van der Waals surface area contributed by atoms with E-state index >= 15 is 0 Å². The Balaban J connectivity index is 1.24. The predicted octanol–water partition coefficient (Wildman–Crippen LogP) is 6.59. The van der Waals surface area contributed by atoms with E-state index in [1.807, 2.05) is 89.6 Å². The Morgan fingerprint density at radius 2 is 1.00 bits per heavy atom. The Kier molecular flexibility index (Phi) is 5.89. The monoisotopic (exact) mass is 555 g/mol. The minimum atomic E-state index is 0.422. The van der Waals surface area contributed by atoms with Crippen molar-refractivity contribution in [1.82, 2.24) is 44.5 Å². The highest BCUT2D eigenvalue weighted by Gasteiger charge is 2.17. The molecule has 0 unspecified atom stereocenters. The van der Waals surface area contributed by atoms with Crippen LogP contribution in [0, 0.1) is 0 Å². The van der Waals surface area contributed by atoms with Crippen LogP contribution in [0.25, 0.3) is 73.4 Å². The van der Waals surface area contributed by atoms with Gasteiger partial charge < -0.3 is 0 Å². The second kappa shape index (κ2) is 10.3. The lowest BCUT2D eigenvalue weighted by molar-refractivity contribution is 0.955. The maximum absolute atomic E-state index is 4.82. The summed E-state index contributed by atoms with van der Waals surface area (Å²) < 4.78 is 1.85. The van der Waals surface area contributed by atoms with E-state index in [-0.39, 0.29) is 0 Å². The molecule has 0 saturated carbocycles. The molecule has 0 atom stereocenters. The van der Waals surface area contributed by atoms with Gasteiger partial charge in [0.05, 0.1) is 16.9 Å². The molecule has 0 amide bonds. The van der Waals surface area contributed by atoms with Crippen LogP contribution >= 0.6 is 0 Å². The molecule has 0 saturated heterocycles. The summed E-state index contributed by atoms with van der Waals surface area (Å²) in [5, 5.41) is 7.04. The first kappa shape index (κ1) is 24.6. The van der Waals surface area contributed by atoms with Gasteiger partial charge in [-0.15, -0.1) is 0 Å². The number of fused-ring (bicyclic) bond motifs is 2. The van der Waals surface area contributed by atoms with E-state index in [4.69, 9.17) is 20.1 Å². The first-order valence-corrected chi connectivity index (χ1v) is 13.7. The maximum Gasteiger partial charge on any atom is 0.184 e. The highest BCUT2D eigenvalue weighted by Crippen LogP contribution is 2.27. The summed E-state index contributed by atoms with van der Waals surface area (Å²) in [6.07, 6.45) is 9.08. The first-order chi connectivity index (χ1) is 21.3. The zero-order valence-electron chi connectivity index (χ0n) is 22.6. The lowest BCUT2D eigenvalue weighted by atomic mass is 10.1. The lowest BCUT2D eigenvalue weighted by Crippen LogP contribution is -2.02. The van der Waals surface area contributed by atoms with E-state index in [1.165, 1.54) is 0 Å². The third-order valence-corrected chi connectivity index (χ3v) is 7.10. The Morgan fingerprint density at radius 3 is 1.53 bits per heavy atom. The van der Waals surface area contributed by atoms with Crippen LogP contribution in [0.15, 0.2) is 128 Å². The molecule has 0 N–H and O–H groups in total. The smallest absolute Gasteiger partial charge is 0.184 e. The normalized spacial score (nSPS) is 11.3. The van der Waals surface area contributed by atoms with E-state index in [0.29, 0.717) is 34.6 Å². The topological polar surface area (TPSA) is 108 Å². The van der Waals surface area contributed by atoms with Crippen molar-refractivity contribution in [1.29, 1.82) is 0 Å². The second-order valence-electron chi connectivity index (χ2n) is 9.90. The molecule has 0 fully saturated rings. The molecule has 1 aromatic carbocycles. The summed E-state index contributed by atoms with van der Waals surface area (Å²) in [6, 6.07) is 31.5. The fourth-order valence-electron chi connectivity index (χ4n) is 4.92. The fraction of sp³-hybridized carbons (Fsp3) is 0. The Morgan fingerprint density at radius 1 is 0.442 bits per heavy atom. The van der Waals surface area contributed by atoms with Gasteiger partial charge in [0.2, 0.25) is 0 Å². The molecule has 0 spiro atoms. The zero-order chi connectivity index (χ0) is 28.6. The number of hydrogen-bond donors (Lipinski definition) is 0. The minimum absolute atomic E-state index is 0.422. The molecular weight excluding hydrogens is 534 g/mol. The summed E-state index contributed by atoms with van der Waals surface area (Å²) in [5.41, 5.74) is 6.24. The number of nitrogens with zero attached hydrogens (tertiary/aromatic N) is 9. The van der Waals surface area contributed by atoms with E-state index in [0.717, 1.165) is 38.8 Å². The third kappa shape index (κ3) is 4.74. The van der Waals surface area contributed by atoms with Crippen LogP contribution in [-0.2, 0) is 0 Å². The van der Waals surface area contributed by atoms with Gasteiger partial charge in [-0.3, -0.25) is 19.9 Å².